The van der Waals surface area contributed by atoms with Gasteiger partial charge >= 0.3 is 5.69 Å². The maximum absolute atomic E-state index is 12.0. The number of hydrogen-bond acceptors (Lipinski definition) is 2. The summed E-state index contributed by atoms with van der Waals surface area (Å²) in [7, 11) is 0. The van der Waals surface area contributed by atoms with Crippen LogP contribution < -0.4 is 11.4 Å². The molecule has 3 N–H and O–H groups in total. The smallest absolute Gasteiger partial charge is 0.326 e. The number of benzene rings is 1. The second kappa shape index (κ2) is 4.04. The molecule has 0 bridgehead atoms. The quantitative estimate of drug-likeness (QED) is 0.847. The number of H-pyrrole nitrogens is 1. The summed E-state index contributed by atoms with van der Waals surface area (Å²) in [5, 5.41) is 0. The van der Waals surface area contributed by atoms with Gasteiger partial charge in [-0.2, -0.15) is 0 Å². The largest absolute Gasteiger partial charge is 0.330 e. The molecule has 1 heterocycles. The highest BCUT2D eigenvalue weighted by atomic mass is 16.1. The summed E-state index contributed by atoms with van der Waals surface area (Å²) in [6.45, 7) is 6.65. The maximum Gasteiger partial charge on any atom is 0.326 e. The van der Waals surface area contributed by atoms with Gasteiger partial charge in [-0.1, -0.05) is 6.07 Å². The summed E-state index contributed by atoms with van der Waals surface area (Å²) in [4.78, 5) is 14.9. The Morgan fingerprint density at radius 2 is 2.12 bits per heavy atom. The van der Waals surface area contributed by atoms with Crippen LogP contribution in [0.25, 0.3) is 11.0 Å². The molecule has 4 nitrogen and oxygen atoms in total. The molecule has 0 radical (unpaired) electrons. The third-order valence-electron chi connectivity index (χ3n) is 3.20. The van der Waals surface area contributed by atoms with Crippen LogP contribution in [0.2, 0.25) is 0 Å². The molecular formula is C13H19N3O. The molecule has 1 aromatic carbocycles. The summed E-state index contributed by atoms with van der Waals surface area (Å²) in [6.07, 6.45) is 0.772. The zero-order valence-corrected chi connectivity index (χ0v) is 10.6. The van der Waals surface area contributed by atoms with Crippen molar-refractivity contribution in [3.63, 3.8) is 0 Å². The van der Waals surface area contributed by atoms with Gasteiger partial charge in [-0.15, -0.1) is 0 Å². The van der Waals surface area contributed by atoms with Crippen LogP contribution in [0.3, 0.4) is 0 Å². The molecule has 0 saturated heterocycles. The van der Waals surface area contributed by atoms with Crippen LogP contribution in [-0.4, -0.2) is 16.1 Å². The van der Waals surface area contributed by atoms with E-state index in [4.69, 9.17) is 5.73 Å². The Hall–Kier alpha value is -1.55. The third-order valence-corrected chi connectivity index (χ3v) is 3.20. The molecule has 4 heteroatoms. The molecule has 2 aromatic rings. The molecule has 2 rings (SSSR count). The standard InChI is InChI=1S/C13H19N3O/c1-9-4-5-11-10(8-9)15-12(17)16(11)13(2,3)6-7-14/h4-5,8H,6-7,14H2,1-3H3,(H,15,17). The van der Waals surface area contributed by atoms with Crippen molar-refractivity contribution < 1.29 is 0 Å². The van der Waals surface area contributed by atoms with Gasteiger partial charge in [0.2, 0.25) is 0 Å². The fourth-order valence-electron chi connectivity index (χ4n) is 2.29. The Morgan fingerprint density at radius 1 is 1.41 bits per heavy atom. The Labute approximate surface area is 100 Å². The molecule has 0 aliphatic rings. The van der Waals surface area contributed by atoms with Gasteiger partial charge in [-0.05, 0) is 51.4 Å². The van der Waals surface area contributed by atoms with Gasteiger partial charge in [-0.3, -0.25) is 4.57 Å². The van der Waals surface area contributed by atoms with E-state index in [1.165, 1.54) is 0 Å². The number of rotatable bonds is 3. The molecule has 0 aliphatic heterocycles. The van der Waals surface area contributed by atoms with Crippen LogP contribution in [0.5, 0.6) is 0 Å². The molecule has 0 atom stereocenters. The summed E-state index contributed by atoms with van der Waals surface area (Å²) in [5.74, 6) is 0. The predicted octanol–water partition coefficient (Wildman–Crippen LogP) is 1.72. The van der Waals surface area contributed by atoms with E-state index >= 15 is 0 Å². The SMILES string of the molecule is Cc1ccc2c(c1)[nH]c(=O)n2C(C)(C)CCN. The molecular weight excluding hydrogens is 214 g/mol. The number of nitrogens with zero attached hydrogens (tertiary/aromatic N) is 1. The van der Waals surface area contributed by atoms with E-state index in [1.807, 2.05) is 39.0 Å². The van der Waals surface area contributed by atoms with E-state index in [-0.39, 0.29) is 11.2 Å². The Morgan fingerprint density at radius 3 is 2.76 bits per heavy atom. The number of hydrogen-bond donors (Lipinski definition) is 2. The summed E-state index contributed by atoms with van der Waals surface area (Å²) in [5.41, 5.74) is 8.26. The highest BCUT2D eigenvalue weighted by Gasteiger charge is 2.23. The second-order valence-electron chi connectivity index (χ2n) is 5.14. The lowest BCUT2D eigenvalue weighted by atomic mass is 10.00. The molecule has 0 aliphatic carbocycles. The number of nitrogens with two attached hydrogens (primary N) is 1. The van der Waals surface area contributed by atoms with Crippen molar-refractivity contribution in [3.05, 3.63) is 34.2 Å². The number of aryl methyl sites for hydroxylation is 1. The average Bonchev–Trinajstić information content (AvgIpc) is 2.53. The molecule has 0 unspecified atom stereocenters. The average molecular weight is 233 g/mol. The Kier molecular flexibility index (Phi) is 2.83. The van der Waals surface area contributed by atoms with Gasteiger partial charge in [0, 0.05) is 5.54 Å². The first-order valence-corrected chi connectivity index (χ1v) is 5.87. The minimum absolute atomic E-state index is 0.0657. The van der Waals surface area contributed by atoms with Crippen LogP contribution in [0.4, 0.5) is 0 Å². The van der Waals surface area contributed by atoms with Crippen molar-refractivity contribution in [2.75, 3.05) is 6.54 Å². The molecule has 17 heavy (non-hydrogen) atoms. The van der Waals surface area contributed by atoms with E-state index in [0.29, 0.717) is 6.54 Å². The fraction of sp³-hybridized carbons (Fsp3) is 0.462. The zero-order valence-electron chi connectivity index (χ0n) is 10.6. The Balaban J connectivity index is 2.69. The fourth-order valence-corrected chi connectivity index (χ4v) is 2.29. The van der Waals surface area contributed by atoms with Crippen LogP contribution in [0, 0.1) is 6.92 Å². The van der Waals surface area contributed by atoms with Crippen LogP contribution in [0.1, 0.15) is 25.8 Å². The van der Waals surface area contributed by atoms with Gasteiger partial charge in [0.15, 0.2) is 0 Å². The number of aromatic nitrogens is 2. The van der Waals surface area contributed by atoms with Crippen LogP contribution >= 0.6 is 0 Å². The molecule has 0 amide bonds. The van der Waals surface area contributed by atoms with Crippen molar-refractivity contribution in [2.24, 2.45) is 5.73 Å². The van der Waals surface area contributed by atoms with Crippen molar-refractivity contribution in [2.45, 2.75) is 32.7 Å². The van der Waals surface area contributed by atoms with E-state index in [2.05, 4.69) is 4.98 Å². The number of fused-ring (bicyclic) bond motifs is 1. The van der Waals surface area contributed by atoms with Gasteiger partial charge in [0.25, 0.3) is 0 Å². The van der Waals surface area contributed by atoms with Crippen molar-refractivity contribution >= 4 is 11.0 Å². The number of aromatic amines is 1. The summed E-state index contributed by atoms with van der Waals surface area (Å²) >= 11 is 0. The van der Waals surface area contributed by atoms with E-state index in [1.54, 1.807) is 4.57 Å². The molecule has 0 spiro atoms. The zero-order chi connectivity index (χ0) is 12.6. The van der Waals surface area contributed by atoms with Gasteiger partial charge < -0.3 is 10.7 Å². The predicted molar refractivity (Wildman–Crippen MR) is 70.3 cm³/mol. The summed E-state index contributed by atoms with van der Waals surface area (Å²) in [6, 6.07) is 6.00. The topological polar surface area (TPSA) is 63.8 Å². The lowest BCUT2D eigenvalue weighted by Gasteiger charge is -2.25. The molecule has 92 valence electrons. The first-order valence-electron chi connectivity index (χ1n) is 5.87. The van der Waals surface area contributed by atoms with E-state index in [9.17, 15) is 4.79 Å². The number of imidazole rings is 1. The highest BCUT2D eigenvalue weighted by molar-refractivity contribution is 5.76. The number of nitrogens with one attached hydrogen (secondary N) is 1. The van der Waals surface area contributed by atoms with Gasteiger partial charge in [-0.25, -0.2) is 4.79 Å². The van der Waals surface area contributed by atoms with Crippen molar-refractivity contribution in [1.82, 2.24) is 9.55 Å². The van der Waals surface area contributed by atoms with Gasteiger partial charge in [0.1, 0.15) is 0 Å². The summed E-state index contributed by atoms with van der Waals surface area (Å²) < 4.78 is 1.80. The highest BCUT2D eigenvalue weighted by Crippen LogP contribution is 2.23. The first kappa shape index (κ1) is 11.9. The second-order valence-corrected chi connectivity index (χ2v) is 5.14. The minimum atomic E-state index is -0.265. The minimum Gasteiger partial charge on any atom is -0.330 e. The van der Waals surface area contributed by atoms with Crippen LogP contribution in [-0.2, 0) is 5.54 Å². The Bertz CT molecular complexity index is 592. The van der Waals surface area contributed by atoms with E-state index < -0.39 is 0 Å². The van der Waals surface area contributed by atoms with Crippen LogP contribution in [0.15, 0.2) is 23.0 Å². The lowest BCUT2D eigenvalue weighted by molar-refractivity contribution is 0.334. The molecule has 1 aromatic heterocycles. The maximum atomic E-state index is 12.0. The lowest BCUT2D eigenvalue weighted by Crippen LogP contribution is -2.36. The normalized spacial score (nSPS) is 12.2. The first-order chi connectivity index (χ1) is 7.95. The molecule has 0 fully saturated rings. The van der Waals surface area contributed by atoms with Crippen molar-refractivity contribution in [1.29, 1.82) is 0 Å². The third kappa shape index (κ3) is 2.00. The van der Waals surface area contributed by atoms with Gasteiger partial charge in [0.05, 0.1) is 11.0 Å². The molecule has 0 saturated carbocycles. The monoisotopic (exact) mass is 233 g/mol. The van der Waals surface area contributed by atoms with E-state index in [0.717, 1.165) is 23.0 Å². The van der Waals surface area contributed by atoms with Crippen molar-refractivity contribution in [3.8, 4) is 0 Å².